The van der Waals surface area contributed by atoms with Crippen molar-refractivity contribution in [3.05, 3.63) is 29.8 Å². The van der Waals surface area contributed by atoms with Gasteiger partial charge in [-0.3, -0.25) is 4.79 Å². The number of anilines is 2. The summed E-state index contributed by atoms with van der Waals surface area (Å²) >= 11 is 2.89. The number of thioether (sulfide) groups is 1. The van der Waals surface area contributed by atoms with E-state index in [4.69, 9.17) is 4.74 Å². The second kappa shape index (κ2) is 8.16. The van der Waals surface area contributed by atoms with E-state index in [1.54, 1.807) is 0 Å². The summed E-state index contributed by atoms with van der Waals surface area (Å²) in [6.07, 6.45) is 0.175. The van der Waals surface area contributed by atoms with Crippen LogP contribution < -0.4 is 5.32 Å². The van der Waals surface area contributed by atoms with E-state index in [1.807, 2.05) is 43.9 Å². The quantitative estimate of drug-likeness (QED) is 0.805. The molecule has 1 fully saturated rings. The second-order valence-electron chi connectivity index (χ2n) is 6.21. The number of carbonyl (C=O) groups is 1. The minimum atomic E-state index is 0.0874. The highest BCUT2D eigenvalue weighted by molar-refractivity contribution is 8.01. The van der Waals surface area contributed by atoms with Gasteiger partial charge in [-0.25, -0.2) is 0 Å². The molecule has 1 aromatic carbocycles. The van der Waals surface area contributed by atoms with Crippen molar-refractivity contribution >= 4 is 39.8 Å². The van der Waals surface area contributed by atoms with Gasteiger partial charge in [0.25, 0.3) is 0 Å². The van der Waals surface area contributed by atoms with Crippen molar-refractivity contribution in [3.63, 3.8) is 0 Å². The highest BCUT2D eigenvalue weighted by Crippen LogP contribution is 2.28. The van der Waals surface area contributed by atoms with Gasteiger partial charge in [-0.05, 0) is 38.5 Å². The van der Waals surface area contributed by atoms with E-state index in [1.165, 1.54) is 28.7 Å². The Morgan fingerprint density at radius 1 is 1.36 bits per heavy atom. The fourth-order valence-corrected chi connectivity index (χ4v) is 4.44. The molecule has 0 radical (unpaired) electrons. The van der Waals surface area contributed by atoms with E-state index >= 15 is 0 Å². The minimum absolute atomic E-state index is 0.0874. The third kappa shape index (κ3) is 5.17. The molecule has 1 saturated heterocycles. The Labute approximate surface area is 156 Å². The first-order chi connectivity index (χ1) is 12.0. The molecule has 1 amide bonds. The van der Waals surface area contributed by atoms with Crippen LogP contribution in [0, 0.1) is 6.92 Å². The number of ether oxygens (including phenoxy) is 1. The average molecular weight is 379 g/mol. The van der Waals surface area contributed by atoms with Crippen LogP contribution in [0.2, 0.25) is 0 Å². The monoisotopic (exact) mass is 378 g/mol. The Hall–Kier alpha value is -1.64. The van der Waals surface area contributed by atoms with Crippen molar-refractivity contribution in [2.24, 2.45) is 0 Å². The van der Waals surface area contributed by atoms with Crippen LogP contribution in [0.15, 0.2) is 28.6 Å². The SMILES string of the molecule is Cc1cccc(Nc2nnc(SCC(=O)N3C[C@@H](C)O[C@@H](C)C3)s2)c1. The van der Waals surface area contributed by atoms with Crippen LogP contribution in [-0.4, -0.2) is 52.1 Å². The largest absolute Gasteiger partial charge is 0.372 e. The zero-order valence-electron chi connectivity index (χ0n) is 14.6. The van der Waals surface area contributed by atoms with Gasteiger partial charge in [0.05, 0.1) is 18.0 Å². The zero-order valence-corrected chi connectivity index (χ0v) is 16.2. The molecule has 0 unspecified atom stereocenters. The van der Waals surface area contributed by atoms with Gasteiger partial charge in [-0.15, -0.1) is 10.2 Å². The van der Waals surface area contributed by atoms with Gasteiger partial charge < -0.3 is 15.0 Å². The summed E-state index contributed by atoms with van der Waals surface area (Å²) in [5.41, 5.74) is 2.17. The third-order valence-electron chi connectivity index (χ3n) is 3.77. The number of hydrogen-bond acceptors (Lipinski definition) is 7. The minimum Gasteiger partial charge on any atom is -0.372 e. The molecule has 0 aliphatic carbocycles. The first kappa shape index (κ1) is 18.2. The Balaban J connectivity index is 1.52. The maximum absolute atomic E-state index is 12.4. The summed E-state index contributed by atoms with van der Waals surface area (Å²) in [6, 6.07) is 8.09. The maximum atomic E-state index is 12.4. The number of hydrogen-bond donors (Lipinski definition) is 1. The molecule has 6 nitrogen and oxygen atoms in total. The number of nitrogens with one attached hydrogen (secondary N) is 1. The number of carbonyl (C=O) groups excluding carboxylic acids is 1. The highest BCUT2D eigenvalue weighted by Gasteiger charge is 2.25. The van der Waals surface area contributed by atoms with Crippen molar-refractivity contribution in [1.82, 2.24) is 15.1 Å². The molecule has 0 spiro atoms. The van der Waals surface area contributed by atoms with Crippen molar-refractivity contribution in [2.45, 2.75) is 37.3 Å². The molecule has 2 heterocycles. The average Bonchev–Trinajstić information content (AvgIpc) is 2.99. The fraction of sp³-hybridized carbons (Fsp3) is 0.471. The predicted molar refractivity (Wildman–Crippen MR) is 102 cm³/mol. The molecule has 2 aromatic rings. The van der Waals surface area contributed by atoms with E-state index in [0.717, 1.165) is 15.2 Å². The van der Waals surface area contributed by atoms with Crippen LogP contribution in [0.1, 0.15) is 19.4 Å². The van der Waals surface area contributed by atoms with Gasteiger partial charge in [-0.1, -0.05) is 35.2 Å². The second-order valence-corrected chi connectivity index (χ2v) is 8.41. The molecular weight excluding hydrogens is 356 g/mol. The lowest BCUT2D eigenvalue weighted by atomic mass is 10.2. The smallest absolute Gasteiger partial charge is 0.233 e. The summed E-state index contributed by atoms with van der Waals surface area (Å²) in [6.45, 7) is 7.35. The Morgan fingerprint density at radius 2 is 2.12 bits per heavy atom. The number of amides is 1. The van der Waals surface area contributed by atoms with E-state index in [-0.39, 0.29) is 18.1 Å². The molecule has 0 bridgehead atoms. The number of benzene rings is 1. The van der Waals surface area contributed by atoms with Gasteiger partial charge >= 0.3 is 0 Å². The molecule has 3 rings (SSSR count). The molecule has 1 aromatic heterocycles. The Kier molecular flexibility index (Phi) is 5.93. The topological polar surface area (TPSA) is 67.4 Å². The first-order valence-corrected chi connectivity index (χ1v) is 10.0. The molecule has 0 saturated carbocycles. The van der Waals surface area contributed by atoms with Crippen molar-refractivity contribution in [3.8, 4) is 0 Å². The molecule has 1 aliphatic rings. The molecule has 8 heteroatoms. The number of rotatable bonds is 5. The van der Waals surface area contributed by atoms with Crippen molar-refractivity contribution < 1.29 is 9.53 Å². The molecule has 2 atom stereocenters. The molecular formula is C17H22N4O2S2. The predicted octanol–water partition coefficient (Wildman–Crippen LogP) is 3.32. The first-order valence-electron chi connectivity index (χ1n) is 8.23. The Bertz CT molecular complexity index is 727. The van der Waals surface area contributed by atoms with Crippen LogP contribution in [0.4, 0.5) is 10.8 Å². The number of aryl methyl sites for hydroxylation is 1. The maximum Gasteiger partial charge on any atom is 0.233 e. The summed E-state index contributed by atoms with van der Waals surface area (Å²) < 4.78 is 6.46. The molecule has 1 N–H and O–H groups in total. The normalized spacial score (nSPS) is 20.5. The van der Waals surface area contributed by atoms with E-state index < -0.39 is 0 Å². The standard InChI is InChI=1S/C17H22N4O2S2/c1-11-5-4-6-14(7-11)18-16-19-20-17(25-16)24-10-15(22)21-8-12(2)23-13(3)9-21/h4-7,12-13H,8-10H2,1-3H3,(H,18,19)/t12-,13+. The zero-order chi connectivity index (χ0) is 17.8. The fourth-order valence-electron chi connectivity index (χ4n) is 2.76. The van der Waals surface area contributed by atoms with Crippen LogP contribution in [-0.2, 0) is 9.53 Å². The van der Waals surface area contributed by atoms with Crippen LogP contribution in [0.25, 0.3) is 0 Å². The lowest BCUT2D eigenvalue weighted by molar-refractivity contribution is -0.140. The van der Waals surface area contributed by atoms with Crippen LogP contribution in [0.5, 0.6) is 0 Å². The van der Waals surface area contributed by atoms with E-state index in [0.29, 0.717) is 18.8 Å². The third-order valence-corrected chi connectivity index (χ3v) is 5.72. The van der Waals surface area contributed by atoms with Gasteiger partial charge in [0.15, 0.2) is 4.34 Å². The van der Waals surface area contributed by atoms with Gasteiger partial charge in [0.2, 0.25) is 11.0 Å². The summed E-state index contributed by atoms with van der Waals surface area (Å²) in [7, 11) is 0. The lowest BCUT2D eigenvalue weighted by Crippen LogP contribution is -2.48. The Morgan fingerprint density at radius 3 is 2.84 bits per heavy atom. The van der Waals surface area contributed by atoms with Crippen molar-refractivity contribution in [2.75, 3.05) is 24.2 Å². The van der Waals surface area contributed by atoms with Gasteiger partial charge in [0, 0.05) is 18.8 Å². The van der Waals surface area contributed by atoms with E-state index in [9.17, 15) is 4.79 Å². The van der Waals surface area contributed by atoms with Crippen molar-refractivity contribution in [1.29, 1.82) is 0 Å². The van der Waals surface area contributed by atoms with Crippen LogP contribution in [0.3, 0.4) is 0 Å². The van der Waals surface area contributed by atoms with E-state index in [2.05, 4.69) is 21.6 Å². The highest BCUT2D eigenvalue weighted by atomic mass is 32.2. The van der Waals surface area contributed by atoms with Gasteiger partial charge in [0.1, 0.15) is 0 Å². The molecule has 25 heavy (non-hydrogen) atoms. The summed E-state index contributed by atoms with van der Waals surface area (Å²) in [5, 5.41) is 12.3. The molecule has 1 aliphatic heterocycles. The number of morpholine rings is 1. The van der Waals surface area contributed by atoms with Gasteiger partial charge in [-0.2, -0.15) is 0 Å². The summed E-state index contributed by atoms with van der Waals surface area (Å²) in [5.74, 6) is 0.494. The van der Waals surface area contributed by atoms with Crippen LogP contribution >= 0.6 is 23.1 Å². The lowest BCUT2D eigenvalue weighted by Gasteiger charge is -2.35. The number of nitrogens with zero attached hydrogens (tertiary/aromatic N) is 3. The summed E-state index contributed by atoms with van der Waals surface area (Å²) in [4.78, 5) is 14.3. The number of aromatic nitrogens is 2. The molecule has 134 valence electrons.